The molecule has 2 N–H and O–H groups in total. The minimum absolute atomic E-state index is 0.350. The number of benzene rings is 2. The predicted octanol–water partition coefficient (Wildman–Crippen LogP) is 4.94. The molecule has 0 saturated heterocycles. The molecule has 0 aliphatic carbocycles. The summed E-state index contributed by atoms with van der Waals surface area (Å²) in [6.45, 7) is 0. The molecule has 1 atom stereocenters. The molecule has 0 aliphatic rings. The summed E-state index contributed by atoms with van der Waals surface area (Å²) in [6, 6.07) is 9.28. The SMILES string of the molecule is NC(c1ccc(Cl)cc1Cl)c1cccc(F)c1Br. The molecule has 0 spiro atoms. The zero-order chi connectivity index (χ0) is 13.3. The molecule has 0 bridgehead atoms. The maximum Gasteiger partial charge on any atom is 0.137 e. The van der Waals surface area contributed by atoms with E-state index in [-0.39, 0.29) is 5.82 Å². The summed E-state index contributed by atoms with van der Waals surface area (Å²) in [5.41, 5.74) is 7.45. The van der Waals surface area contributed by atoms with Gasteiger partial charge in [0.2, 0.25) is 0 Å². The van der Waals surface area contributed by atoms with Crippen LogP contribution < -0.4 is 5.73 Å². The van der Waals surface area contributed by atoms with Gasteiger partial charge in [-0.15, -0.1) is 0 Å². The highest BCUT2D eigenvalue weighted by Gasteiger charge is 2.17. The Balaban J connectivity index is 2.48. The molecule has 1 unspecified atom stereocenters. The van der Waals surface area contributed by atoms with E-state index in [1.807, 2.05) is 0 Å². The number of nitrogens with two attached hydrogens (primary N) is 1. The quantitative estimate of drug-likeness (QED) is 0.816. The van der Waals surface area contributed by atoms with E-state index < -0.39 is 6.04 Å². The first-order chi connectivity index (χ1) is 8.50. The summed E-state index contributed by atoms with van der Waals surface area (Å²) >= 11 is 15.1. The third-order valence-electron chi connectivity index (χ3n) is 2.61. The third-order valence-corrected chi connectivity index (χ3v) is 4.01. The summed E-state index contributed by atoms with van der Waals surface area (Å²) in [5.74, 6) is -0.354. The second-order valence-corrected chi connectivity index (χ2v) is 5.42. The zero-order valence-corrected chi connectivity index (χ0v) is 12.2. The van der Waals surface area contributed by atoms with Crippen LogP contribution in [0.5, 0.6) is 0 Å². The lowest BCUT2D eigenvalue weighted by atomic mass is 9.99. The van der Waals surface area contributed by atoms with Crippen LogP contribution in [-0.2, 0) is 0 Å². The van der Waals surface area contributed by atoms with Gasteiger partial charge in [-0.2, -0.15) is 0 Å². The van der Waals surface area contributed by atoms with Gasteiger partial charge < -0.3 is 5.73 Å². The topological polar surface area (TPSA) is 26.0 Å². The van der Waals surface area contributed by atoms with Gasteiger partial charge in [-0.25, -0.2) is 4.39 Å². The maximum absolute atomic E-state index is 13.5. The summed E-state index contributed by atoms with van der Waals surface area (Å²) in [6.07, 6.45) is 0. The zero-order valence-electron chi connectivity index (χ0n) is 9.13. The smallest absolute Gasteiger partial charge is 0.137 e. The fourth-order valence-electron chi connectivity index (χ4n) is 1.68. The molecule has 18 heavy (non-hydrogen) atoms. The van der Waals surface area contributed by atoms with Crippen molar-refractivity contribution >= 4 is 39.1 Å². The van der Waals surface area contributed by atoms with E-state index in [2.05, 4.69) is 15.9 Å². The van der Waals surface area contributed by atoms with Crippen molar-refractivity contribution in [2.75, 3.05) is 0 Å². The minimum atomic E-state index is -0.514. The molecule has 0 amide bonds. The van der Waals surface area contributed by atoms with Gasteiger partial charge in [0.25, 0.3) is 0 Å². The van der Waals surface area contributed by atoms with Crippen LogP contribution in [0, 0.1) is 5.82 Å². The highest BCUT2D eigenvalue weighted by atomic mass is 79.9. The summed E-state index contributed by atoms with van der Waals surface area (Å²) < 4.78 is 13.8. The number of halogens is 4. The standard InChI is InChI=1S/C13H9BrCl2FN/c14-12-9(2-1-3-11(12)17)13(18)8-5-4-7(15)6-10(8)16/h1-6,13H,18H2. The van der Waals surface area contributed by atoms with E-state index in [4.69, 9.17) is 28.9 Å². The molecule has 0 heterocycles. The molecule has 2 aromatic rings. The average Bonchev–Trinajstić information content (AvgIpc) is 2.32. The van der Waals surface area contributed by atoms with E-state index in [0.717, 1.165) is 0 Å². The van der Waals surface area contributed by atoms with E-state index in [1.165, 1.54) is 6.07 Å². The molecule has 0 radical (unpaired) electrons. The molecule has 94 valence electrons. The van der Waals surface area contributed by atoms with Gasteiger partial charge in [-0.3, -0.25) is 0 Å². The highest BCUT2D eigenvalue weighted by molar-refractivity contribution is 9.10. The van der Waals surface area contributed by atoms with Gasteiger partial charge in [-0.1, -0.05) is 41.4 Å². The second kappa shape index (κ2) is 5.57. The Labute approximate surface area is 123 Å². The lowest BCUT2D eigenvalue weighted by Crippen LogP contribution is -2.13. The van der Waals surface area contributed by atoms with Gasteiger partial charge in [0.05, 0.1) is 10.5 Å². The molecular weight excluding hydrogens is 340 g/mol. The Morgan fingerprint density at radius 3 is 2.50 bits per heavy atom. The monoisotopic (exact) mass is 347 g/mol. The van der Waals surface area contributed by atoms with E-state index in [0.29, 0.717) is 25.6 Å². The molecule has 0 fully saturated rings. The predicted molar refractivity (Wildman–Crippen MR) is 76.6 cm³/mol. The van der Waals surface area contributed by atoms with E-state index in [9.17, 15) is 4.39 Å². The van der Waals surface area contributed by atoms with Crippen molar-refractivity contribution in [2.24, 2.45) is 5.73 Å². The van der Waals surface area contributed by atoms with Crippen molar-refractivity contribution in [3.63, 3.8) is 0 Å². The molecule has 2 aromatic carbocycles. The first-order valence-corrected chi connectivity index (χ1v) is 6.70. The van der Waals surface area contributed by atoms with Gasteiger partial charge in [0.1, 0.15) is 5.82 Å². The number of hydrogen-bond acceptors (Lipinski definition) is 1. The Kier molecular flexibility index (Phi) is 4.28. The normalized spacial score (nSPS) is 12.5. The van der Waals surface area contributed by atoms with Gasteiger partial charge >= 0.3 is 0 Å². The van der Waals surface area contributed by atoms with Crippen molar-refractivity contribution in [3.8, 4) is 0 Å². The van der Waals surface area contributed by atoms with Crippen LogP contribution in [0.4, 0.5) is 4.39 Å². The first-order valence-electron chi connectivity index (χ1n) is 5.15. The molecular formula is C13H9BrCl2FN. The Hall–Kier alpha value is -0.610. The third kappa shape index (κ3) is 2.69. The van der Waals surface area contributed by atoms with Crippen LogP contribution in [-0.4, -0.2) is 0 Å². The van der Waals surface area contributed by atoms with Gasteiger partial charge in [0, 0.05) is 10.0 Å². The van der Waals surface area contributed by atoms with Crippen LogP contribution in [0.2, 0.25) is 10.0 Å². The minimum Gasteiger partial charge on any atom is -0.320 e. The van der Waals surface area contributed by atoms with Crippen LogP contribution in [0.1, 0.15) is 17.2 Å². The Morgan fingerprint density at radius 2 is 1.83 bits per heavy atom. The fourth-order valence-corrected chi connectivity index (χ4v) is 2.72. The van der Waals surface area contributed by atoms with Crippen molar-refractivity contribution in [1.29, 1.82) is 0 Å². The molecule has 5 heteroatoms. The molecule has 0 saturated carbocycles. The summed E-state index contributed by atoms with van der Waals surface area (Å²) in [7, 11) is 0. The van der Waals surface area contributed by atoms with E-state index >= 15 is 0 Å². The lowest BCUT2D eigenvalue weighted by Gasteiger charge is -2.16. The van der Waals surface area contributed by atoms with Crippen molar-refractivity contribution in [1.82, 2.24) is 0 Å². The van der Waals surface area contributed by atoms with Gasteiger partial charge in [0.15, 0.2) is 0 Å². The first kappa shape index (κ1) is 13.8. The van der Waals surface area contributed by atoms with Crippen LogP contribution in [0.25, 0.3) is 0 Å². The Bertz CT molecular complexity index is 589. The summed E-state index contributed by atoms with van der Waals surface area (Å²) in [4.78, 5) is 0. The maximum atomic E-state index is 13.5. The van der Waals surface area contributed by atoms with Crippen LogP contribution in [0.3, 0.4) is 0 Å². The fraction of sp³-hybridized carbons (Fsp3) is 0.0769. The number of hydrogen-bond donors (Lipinski definition) is 1. The van der Waals surface area contributed by atoms with Crippen LogP contribution >= 0.6 is 39.1 Å². The lowest BCUT2D eigenvalue weighted by molar-refractivity contribution is 0.616. The second-order valence-electron chi connectivity index (χ2n) is 3.79. The van der Waals surface area contributed by atoms with Crippen LogP contribution in [0.15, 0.2) is 40.9 Å². The van der Waals surface area contributed by atoms with Crippen molar-refractivity contribution in [3.05, 3.63) is 67.9 Å². The molecule has 0 aromatic heterocycles. The average molecular weight is 349 g/mol. The molecule has 0 aliphatic heterocycles. The molecule has 2 rings (SSSR count). The van der Waals surface area contributed by atoms with E-state index in [1.54, 1.807) is 30.3 Å². The van der Waals surface area contributed by atoms with Crippen molar-refractivity contribution in [2.45, 2.75) is 6.04 Å². The van der Waals surface area contributed by atoms with Crippen molar-refractivity contribution < 1.29 is 4.39 Å². The highest BCUT2D eigenvalue weighted by Crippen LogP contribution is 2.33. The summed E-state index contributed by atoms with van der Waals surface area (Å²) in [5, 5.41) is 1.00. The Morgan fingerprint density at radius 1 is 1.11 bits per heavy atom. The van der Waals surface area contributed by atoms with Gasteiger partial charge in [-0.05, 0) is 45.3 Å². The number of rotatable bonds is 2. The molecule has 1 nitrogen and oxygen atoms in total. The largest absolute Gasteiger partial charge is 0.320 e.